The van der Waals surface area contributed by atoms with Gasteiger partial charge in [0.15, 0.2) is 6.29 Å². The molecule has 1 aliphatic heterocycles. The first-order valence-corrected chi connectivity index (χ1v) is 23.0. The number of benzene rings is 2. The fourth-order valence-electron chi connectivity index (χ4n) is 7.26. The molecule has 2 aromatic rings. The lowest BCUT2D eigenvalue weighted by atomic mass is 9.96. The maximum Gasteiger partial charge on any atom is 0.328 e. The van der Waals surface area contributed by atoms with E-state index in [1.165, 1.54) is 78.1 Å². The molecule has 15 heteroatoms. The third kappa shape index (κ3) is 21.7. The minimum Gasteiger partial charge on any atom is -0.461 e. The van der Waals surface area contributed by atoms with Crippen LogP contribution in [-0.2, 0) is 60.9 Å². The second-order valence-electron chi connectivity index (χ2n) is 16.3. The van der Waals surface area contributed by atoms with Gasteiger partial charge in [-0.3, -0.25) is 19.2 Å². The van der Waals surface area contributed by atoms with Gasteiger partial charge in [-0.15, -0.1) is 0 Å². The van der Waals surface area contributed by atoms with E-state index in [2.05, 4.69) is 22.9 Å². The van der Waals surface area contributed by atoms with Crippen LogP contribution in [0.4, 0.5) is 0 Å². The minimum absolute atomic E-state index is 0.0463. The third-order valence-electron chi connectivity index (χ3n) is 10.9. The minimum atomic E-state index is -1.44. The van der Waals surface area contributed by atoms with E-state index in [9.17, 15) is 34.2 Å². The van der Waals surface area contributed by atoms with Crippen molar-refractivity contribution >= 4 is 29.7 Å². The molecule has 1 saturated heterocycles. The van der Waals surface area contributed by atoms with Crippen molar-refractivity contribution in [3.05, 3.63) is 71.8 Å². The van der Waals surface area contributed by atoms with E-state index in [1.54, 1.807) is 24.3 Å². The Hall–Kier alpha value is -4.41. The quantitative estimate of drug-likeness (QED) is 0.0443. The summed E-state index contributed by atoms with van der Waals surface area (Å²) in [7, 11) is 0. The number of carbonyl (C=O) groups excluding carboxylic acids is 5. The van der Waals surface area contributed by atoms with Gasteiger partial charge in [0.25, 0.3) is 0 Å². The summed E-state index contributed by atoms with van der Waals surface area (Å²) in [6.07, 6.45) is 11.7. The number of carbonyl (C=O) groups is 5. The van der Waals surface area contributed by atoms with Gasteiger partial charge in [0, 0.05) is 20.0 Å². The number of esters is 2. The smallest absolute Gasteiger partial charge is 0.328 e. The molecule has 1 aliphatic rings. The molecule has 0 aromatic heterocycles. The lowest BCUT2D eigenvalue weighted by Gasteiger charge is -2.44. The molecule has 0 aliphatic carbocycles. The first-order valence-electron chi connectivity index (χ1n) is 23.0. The van der Waals surface area contributed by atoms with E-state index in [1.807, 2.05) is 36.4 Å². The number of hydrogen-bond donors (Lipinski definition) is 5. The largest absolute Gasteiger partial charge is 0.461 e. The Labute approximate surface area is 373 Å². The summed E-state index contributed by atoms with van der Waals surface area (Å²) in [4.78, 5) is 64.5. The fourth-order valence-corrected chi connectivity index (χ4v) is 7.26. The zero-order valence-corrected chi connectivity index (χ0v) is 37.6. The van der Waals surface area contributed by atoms with Gasteiger partial charge in [-0.05, 0) is 30.9 Å². The lowest BCUT2D eigenvalue weighted by Crippen LogP contribution is -2.65. The summed E-state index contributed by atoms with van der Waals surface area (Å²) in [5, 5.41) is 28.9. The van der Waals surface area contributed by atoms with E-state index in [4.69, 9.17) is 23.7 Å². The highest BCUT2D eigenvalue weighted by Gasteiger charge is 2.47. The number of aliphatic hydroxyl groups is 2. The lowest BCUT2D eigenvalue weighted by molar-refractivity contribution is -0.276. The number of ether oxygens (including phenoxy) is 5. The van der Waals surface area contributed by atoms with Crippen LogP contribution < -0.4 is 16.0 Å². The molecule has 0 bridgehead atoms. The Morgan fingerprint density at radius 2 is 1.27 bits per heavy atom. The first kappa shape index (κ1) is 52.9. The van der Waals surface area contributed by atoms with Crippen LogP contribution in [0.15, 0.2) is 60.7 Å². The third-order valence-corrected chi connectivity index (χ3v) is 10.9. The molecule has 3 amide bonds. The highest BCUT2D eigenvalue weighted by Crippen LogP contribution is 2.25. The van der Waals surface area contributed by atoms with Crippen LogP contribution in [0.1, 0.15) is 135 Å². The second-order valence-corrected chi connectivity index (χ2v) is 16.3. The van der Waals surface area contributed by atoms with Crippen LogP contribution in [0.5, 0.6) is 0 Å². The number of nitrogens with one attached hydrogen (secondary N) is 3. The topological polar surface area (TPSA) is 208 Å². The average molecular weight is 884 g/mol. The molecule has 0 radical (unpaired) electrons. The highest BCUT2D eigenvalue weighted by atomic mass is 16.7. The Morgan fingerprint density at radius 1 is 0.730 bits per heavy atom. The van der Waals surface area contributed by atoms with Crippen molar-refractivity contribution in [2.75, 3.05) is 19.8 Å². The molecule has 1 fully saturated rings. The number of rotatable bonds is 32. The van der Waals surface area contributed by atoms with Crippen molar-refractivity contribution in [1.29, 1.82) is 0 Å². The second kappa shape index (κ2) is 31.4. The molecule has 3 rings (SSSR count). The highest BCUT2D eigenvalue weighted by molar-refractivity contribution is 5.91. The Bertz CT molecular complexity index is 1600. The summed E-state index contributed by atoms with van der Waals surface area (Å²) >= 11 is 0. The van der Waals surface area contributed by atoms with Crippen molar-refractivity contribution in [3.8, 4) is 0 Å². The molecule has 0 unspecified atom stereocenters. The van der Waals surface area contributed by atoms with Gasteiger partial charge in [0.2, 0.25) is 17.7 Å². The van der Waals surface area contributed by atoms with Crippen LogP contribution in [0.25, 0.3) is 0 Å². The average Bonchev–Trinajstić information content (AvgIpc) is 3.28. The van der Waals surface area contributed by atoms with Crippen molar-refractivity contribution in [3.63, 3.8) is 0 Å². The summed E-state index contributed by atoms with van der Waals surface area (Å²) < 4.78 is 28.5. The Balaban J connectivity index is 1.48. The number of amides is 3. The Kier molecular flexibility index (Phi) is 26.4. The molecule has 0 spiro atoms. The maximum atomic E-state index is 13.3. The molecule has 7 atom stereocenters. The van der Waals surface area contributed by atoms with Crippen LogP contribution >= 0.6 is 0 Å². The molecule has 63 heavy (non-hydrogen) atoms. The molecule has 15 nitrogen and oxygen atoms in total. The van der Waals surface area contributed by atoms with Crippen molar-refractivity contribution in [2.45, 2.75) is 179 Å². The summed E-state index contributed by atoms with van der Waals surface area (Å²) in [6, 6.07) is 14.6. The molecule has 5 N–H and O–H groups in total. The Morgan fingerprint density at radius 3 is 1.81 bits per heavy atom. The summed E-state index contributed by atoms with van der Waals surface area (Å²) in [6.45, 7) is 4.01. The fraction of sp³-hybridized carbons (Fsp3) is 0.646. The van der Waals surface area contributed by atoms with E-state index in [0.29, 0.717) is 6.61 Å². The van der Waals surface area contributed by atoms with Gasteiger partial charge in [-0.1, -0.05) is 151 Å². The monoisotopic (exact) mass is 884 g/mol. The standard InChI is InChI=1S/C48H73N3O12/c1-4-5-6-7-8-9-10-11-12-13-14-15-16-23-30-59-48-43(50-36(3)53)45(44(56)40(31-52)63-48)61-34-41(54)49-35(2)46(57)51-39(47(58)62-33-38-26-21-18-22-27-38)28-29-42(55)60-32-37-24-19-17-20-25-37/h17-22,24-27,35,39-40,43-45,48,52,56H,4-16,23,28-34H2,1-3H3,(H,49,54)(H,50,53)(H,51,57)/t35-,39+,40+,43+,44+,45+,48+/m0/s1. The van der Waals surface area contributed by atoms with Gasteiger partial charge in [0.05, 0.1) is 6.61 Å². The molecular formula is C48H73N3O12. The predicted octanol–water partition coefficient (Wildman–Crippen LogP) is 5.71. The molecule has 352 valence electrons. The normalized spacial score (nSPS) is 19.3. The van der Waals surface area contributed by atoms with Crippen LogP contribution in [0, 0.1) is 0 Å². The summed E-state index contributed by atoms with van der Waals surface area (Å²) in [5.41, 5.74) is 1.52. The molecule has 0 saturated carbocycles. The van der Waals surface area contributed by atoms with Gasteiger partial charge < -0.3 is 49.8 Å². The summed E-state index contributed by atoms with van der Waals surface area (Å²) in [5.74, 6) is -3.28. The van der Waals surface area contributed by atoms with E-state index >= 15 is 0 Å². The molecule has 1 heterocycles. The number of aliphatic hydroxyl groups excluding tert-OH is 2. The van der Waals surface area contributed by atoms with E-state index in [0.717, 1.165) is 36.8 Å². The zero-order chi connectivity index (χ0) is 45.7. The maximum absolute atomic E-state index is 13.3. The van der Waals surface area contributed by atoms with Crippen LogP contribution in [-0.4, -0.2) is 102 Å². The van der Waals surface area contributed by atoms with Crippen LogP contribution in [0.3, 0.4) is 0 Å². The van der Waals surface area contributed by atoms with Gasteiger partial charge in [-0.2, -0.15) is 0 Å². The van der Waals surface area contributed by atoms with E-state index < -0.39 is 85.6 Å². The van der Waals surface area contributed by atoms with Gasteiger partial charge >= 0.3 is 11.9 Å². The van der Waals surface area contributed by atoms with Crippen molar-refractivity contribution < 1.29 is 57.9 Å². The predicted molar refractivity (Wildman–Crippen MR) is 237 cm³/mol. The number of hydrogen-bond acceptors (Lipinski definition) is 12. The van der Waals surface area contributed by atoms with Crippen molar-refractivity contribution in [1.82, 2.24) is 16.0 Å². The number of unbranched alkanes of at least 4 members (excludes halogenated alkanes) is 13. The molecular weight excluding hydrogens is 811 g/mol. The zero-order valence-electron chi connectivity index (χ0n) is 37.6. The SMILES string of the molecule is CCCCCCCCCCCCCCCCO[C@@H]1O[C@H](CO)[C@@H](O)[C@H](OCC(=O)N[C@@H](C)C(=O)N[C@H](CCC(=O)OCc2ccccc2)C(=O)OCc2ccccc2)[C@H]1NC(C)=O. The van der Waals surface area contributed by atoms with Gasteiger partial charge in [-0.25, -0.2) is 4.79 Å². The van der Waals surface area contributed by atoms with Crippen LogP contribution in [0.2, 0.25) is 0 Å². The molecule has 2 aromatic carbocycles. The first-order chi connectivity index (χ1) is 30.5. The van der Waals surface area contributed by atoms with E-state index in [-0.39, 0.29) is 26.1 Å². The van der Waals surface area contributed by atoms with Gasteiger partial charge in [0.1, 0.15) is 56.3 Å². The van der Waals surface area contributed by atoms with Crippen molar-refractivity contribution in [2.24, 2.45) is 0 Å².